The third-order valence-electron chi connectivity index (χ3n) is 3.18. The van der Waals surface area contributed by atoms with Crippen molar-refractivity contribution in [1.82, 2.24) is 0 Å². The maximum absolute atomic E-state index is 3.57. The van der Waals surface area contributed by atoms with Crippen molar-refractivity contribution < 1.29 is 0 Å². The Morgan fingerprint density at radius 2 is 2.07 bits per heavy atom. The van der Waals surface area contributed by atoms with Gasteiger partial charge in [-0.25, -0.2) is 0 Å². The molecule has 15 heavy (non-hydrogen) atoms. The molecule has 0 unspecified atom stereocenters. The van der Waals surface area contributed by atoms with E-state index in [2.05, 4.69) is 53.0 Å². The van der Waals surface area contributed by atoms with Gasteiger partial charge in [0.05, 0.1) is 0 Å². The first-order valence-corrected chi connectivity index (χ1v) is 6.83. The molecule has 0 radical (unpaired) electrons. The van der Waals surface area contributed by atoms with Gasteiger partial charge in [-0.1, -0.05) is 18.9 Å². The number of hydrogen-bond donors (Lipinski definition) is 1. The Balaban J connectivity index is 1.92. The van der Waals surface area contributed by atoms with Gasteiger partial charge in [-0.3, -0.25) is 0 Å². The van der Waals surface area contributed by atoms with Gasteiger partial charge in [0, 0.05) is 15.8 Å². The van der Waals surface area contributed by atoms with Crippen LogP contribution in [0.4, 0.5) is 5.69 Å². The minimum absolute atomic E-state index is 0.905. The molecule has 2 rings (SSSR count). The fourth-order valence-corrected chi connectivity index (χ4v) is 3.09. The van der Waals surface area contributed by atoms with Crippen LogP contribution in [0.25, 0.3) is 0 Å². The Kier molecular flexibility index (Phi) is 3.89. The second-order valence-corrected chi connectivity index (χ2v) is 5.68. The molecule has 1 fully saturated rings. The van der Waals surface area contributed by atoms with Crippen LogP contribution in [0.2, 0.25) is 0 Å². The summed E-state index contributed by atoms with van der Waals surface area (Å²) in [5.41, 5.74) is 2.64. The van der Waals surface area contributed by atoms with E-state index < -0.39 is 0 Å². The van der Waals surface area contributed by atoms with Gasteiger partial charge >= 0.3 is 0 Å². The molecule has 0 saturated heterocycles. The van der Waals surface area contributed by atoms with E-state index >= 15 is 0 Å². The van der Waals surface area contributed by atoms with Crippen LogP contribution in [0.3, 0.4) is 0 Å². The summed E-state index contributed by atoms with van der Waals surface area (Å²) in [6.45, 7) is 3.29. The smallest absolute Gasteiger partial charge is 0.0476 e. The minimum atomic E-state index is 0.905. The lowest BCUT2D eigenvalue weighted by molar-refractivity contribution is 0.580. The highest BCUT2D eigenvalue weighted by Crippen LogP contribution is 2.26. The number of benzene rings is 1. The lowest BCUT2D eigenvalue weighted by Gasteiger charge is -2.13. The molecule has 2 heteroatoms. The van der Waals surface area contributed by atoms with Crippen molar-refractivity contribution in [2.45, 2.75) is 32.6 Å². The largest absolute Gasteiger partial charge is 0.384 e. The molecule has 0 spiro atoms. The van der Waals surface area contributed by atoms with Gasteiger partial charge in [0.1, 0.15) is 0 Å². The SMILES string of the molecule is Cc1ccc(NCC2CCCC2)c(I)c1. The van der Waals surface area contributed by atoms with Gasteiger partial charge in [-0.15, -0.1) is 0 Å². The molecular weight excluding hydrogens is 297 g/mol. The van der Waals surface area contributed by atoms with Crippen LogP contribution >= 0.6 is 22.6 Å². The van der Waals surface area contributed by atoms with Crippen LogP contribution in [0, 0.1) is 16.4 Å². The monoisotopic (exact) mass is 315 g/mol. The minimum Gasteiger partial charge on any atom is -0.384 e. The molecule has 0 amide bonds. The first-order chi connectivity index (χ1) is 7.25. The average Bonchev–Trinajstić information content (AvgIpc) is 2.69. The van der Waals surface area contributed by atoms with Gasteiger partial charge in [0.25, 0.3) is 0 Å². The molecule has 1 aromatic carbocycles. The molecule has 1 N–H and O–H groups in total. The molecule has 0 heterocycles. The number of hydrogen-bond acceptors (Lipinski definition) is 1. The molecule has 0 atom stereocenters. The van der Waals surface area contributed by atoms with Crippen LogP contribution < -0.4 is 5.32 Å². The summed E-state index contributed by atoms with van der Waals surface area (Å²) in [5, 5.41) is 3.57. The van der Waals surface area contributed by atoms with Gasteiger partial charge in [0.15, 0.2) is 0 Å². The summed E-state index contributed by atoms with van der Waals surface area (Å²) in [4.78, 5) is 0. The summed E-state index contributed by atoms with van der Waals surface area (Å²) < 4.78 is 1.34. The van der Waals surface area contributed by atoms with E-state index in [1.54, 1.807) is 0 Å². The fourth-order valence-electron chi connectivity index (χ4n) is 2.23. The molecule has 1 aliphatic carbocycles. The van der Waals surface area contributed by atoms with E-state index in [0.29, 0.717) is 0 Å². The second-order valence-electron chi connectivity index (χ2n) is 4.51. The van der Waals surface area contributed by atoms with E-state index in [4.69, 9.17) is 0 Å². The predicted octanol–water partition coefficient (Wildman–Crippen LogP) is 4.20. The van der Waals surface area contributed by atoms with Gasteiger partial charge in [-0.2, -0.15) is 0 Å². The zero-order chi connectivity index (χ0) is 10.7. The zero-order valence-corrected chi connectivity index (χ0v) is 11.4. The number of rotatable bonds is 3. The van der Waals surface area contributed by atoms with Crippen LogP contribution in [0.1, 0.15) is 31.2 Å². The van der Waals surface area contributed by atoms with Gasteiger partial charge < -0.3 is 5.32 Å². The Labute approximate surface area is 106 Å². The Morgan fingerprint density at radius 3 is 2.73 bits per heavy atom. The van der Waals surface area contributed by atoms with Crippen molar-refractivity contribution in [2.75, 3.05) is 11.9 Å². The first-order valence-electron chi connectivity index (χ1n) is 5.76. The van der Waals surface area contributed by atoms with Crippen molar-refractivity contribution in [3.63, 3.8) is 0 Å². The predicted molar refractivity (Wildman–Crippen MR) is 74.3 cm³/mol. The summed E-state index contributed by atoms with van der Waals surface area (Å²) in [7, 11) is 0. The van der Waals surface area contributed by atoms with Crippen LogP contribution in [0.5, 0.6) is 0 Å². The van der Waals surface area contributed by atoms with Crippen molar-refractivity contribution in [3.8, 4) is 0 Å². The van der Waals surface area contributed by atoms with Gasteiger partial charge in [-0.05, 0) is 66.0 Å². The number of anilines is 1. The molecular formula is C13H18IN. The highest BCUT2D eigenvalue weighted by Gasteiger charge is 2.14. The van der Waals surface area contributed by atoms with E-state index in [9.17, 15) is 0 Å². The molecule has 0 aromatic heterocycles. The third kappa shape index (κ3) is 3.10. The molecule has 0 bridgehead atoms. The summed E-state index contributed by atoms with van der Waals surface area (Å²) in [5.74, 6) is 0.905. The molecule has 0 aliphatic heterocycles. The highest BCUT2D eigenvalue weighted by molar-refractivity contribution is 14.1. The standard InChI is InChI=1S/C13H18IN/c1-10-6-7-13(12(14)8-10)15-9-11-4-2-3-5-11/h6-8,11,15H,2-5,9H2,1H3. The lowest BCUT2D eigenvalue weighted by atomic mass is 10.1. The molecule has 1 nitrogen and oxygen atoms in total. The van der Waals surface area contributed by atoms with Crippen molar-refractivity contribution in [3.05, 3.63) is 27.3 Å². The Morgan fingerprint density at radius 1 is 1.33 bits per heavy atom. The van der Waals surface area contributed by atoms with E-state index in [1.165, 1.54) is 40.5 Å². The molecule has 1 saturated carbocycles. The van der Waals surface area contributed by atoms with Crippen molar-refractivity contribution in [1.29, 1.82) is 0 Å². The second kappa shape index (κ2) is 5.19. The van der Waals surface area contributed by atoms with E-state index in [1.807, 2.05) is 0 Å². The van der Waals surface area contributed by atoms with Crippen LogP contribution in [-0.4, -0.2) is 6.54 Å². The number of halogens is 1. The number of nitrogens with one attached hydrogen (secondary N) is 1. The maximum Gasteiger partial charge on any atom is 0.0476 e. The molecule has 1 aromatic rings. The molecule has 82 valence electrons. The average molecular weight is 315 g/mol. The zero-order valence-electron chi connectivity index (χ0n) is 9.22. The van der Waals surface area contributed by atoms with Crippen LogP contribution in [-0.2, 0) is 0 Å². The third-order valence-corrected chi connectivity index (χ3v) is 4.07. The summed E-state index contributed by atoms with van der Waals surface area (Å²) in [6, 6.07) is 6.61. The fraction of sp³-hybridized carbons (Fsp3) is 0.538. The normalized spacial score (nSPS) is 16.9. The van der Waals surface area contributed by atoms with Crippen molar-refractivity contribution >= 4 is 28.3 Å². The summed E-state index contributed by atoms with van der Waals surface area (Å²) >= 11 is 2.41. The topological polar surface area (TPSA) is 12.0 Å². The lowest BCUT2D eigenvalue weighted by Crippen LogP contribution is -2.11. The van der Waals surface area contributed by atoms with Gasteiger partial charge in [0.2, 0.25) is 0 Å². The van der Waals surface area contributed by atoms with E-state index in [0.717, 1.165) is 12.5 Å². The Bertz CT molecular complexity index is 329. The van der Waals surface area contributed by atoms with Crippen molar-refractivity contribution in [2.24, 2.45) is 5.92 Å². The van der Waals surface area contributed by atoms with E-state index in [-0.39, 0.29) is 0 Å². The number of aryl methyl sites for hydroxylation is 1. The maximum atomic E-state index is 3.57. The first kappa shape index (κ1) is 11.2. The highest BCUT2D eigenvalue weighted by atomic mass is 127. The van der Waals surface area contributed by atoms with Crippen LogP contribution in [0.15, 0.2) is 18.2 Å². The Hall–Kier alpha value is -0.250. The quantitative estimate of drug-likeness (QED) is 0.824. The molecule has 1 aliphatic rings. The summed E-state index contributed by atoms with van der Waals surface area (Å²) in [6.07, 6.45) is 5.68.